The van der Waals surface area contributed by atoms with Crippen molar-refractivity contribution in [2.75, 3.05) is 6.26 Å². The van der Waals surface area contributed by atoms with E-state index in [4.69, 9.17) is 4.42 Å². The van der Waals surface area contributed by atoms with Crippen molar-refractivity contribution < 1.29 is 4.42 Å². The molecular weight excluding hydrogens is 252 g/mol. The van der Waals surface area contributed by atoms with E-state index in [2.05, 4.69) is 15.3 Å². The van der Waals surface area contributed by atoms with E-state index < -0.39 is 0 Å². The fourth-order valence-corrected chi connectivity index (χ4v) is 1.74. The third-order valence-electron chi connectivity index (χ3n) is 2.21. The van der Waals surface area contributed by atoms with Gasteiger partial charge in [-0.1, -0.05) is 11.8 Å². The number of thioether (sulfide) groups is 1. The number of hydrogen-bond donors (Lipinski definition) is 0. The molecule has 0 aromatic carbocycles. The Balaban J connectivity index is 2.42. The lowest BCUT2D eigenvalue weighted by Gasteiger charge is -2.02. The van der Waals surface area contributed by atoms with Crippen LogP contribution in [0.3, 0.4) is 0 Å². The van der Waals surface area contributed by atoms with E-state index >= 15 is 0 Å². The third-order valence-corrected chi connectivity index (χ3v) is 2.83. The van der Waals surface area contributed by atoms with E-state index in [0.717, 1.165) is 5.76 Å². The van der Waals surface area contributed by atoms with Crippen molar-refractivity contribution >= 4 is 18.0 Å². The molecule has 18 heavy (non-hydrogen) atoms. The van der Waals surface area contributed by atoms with Gasteiger partial charge in [-0.3, -0.25) is 4.79 Å². The summed E-state index contributed by atoms with van der Waals surface area (Å²) in [4.78, 5) is 11.9. The zero-order valence-corrected chi connectivity index (χ0v) is 11.1. The minimum absolute atomic E-state index is 0.283. The monoisotopic (exact) mass is 264 g/mol. The molecule has 0 unspecified atom stereocenters. The van der Waals surface area contributed by atoms with E-state index in [1.54, 1.807) is 13.0 Å². The number of furan rings is 1. The lowest BCUT2D eigenvalue weighted by molar-refractivity contribution is 0.526. The van der Waals surface area contributed by atoms with E-state index in [1.807, 2.05) is 19.2 Å². The predicted molar refractivity (Wildman–Crippen MR) is 69.2 cm³/mol. The Kier molecular flexibility index (Phi) is 3.61. The first-order valence-electron chi connectivity index (χ1n) is 5.23. The Hall–Kier alpha value is -1.89. The number of hydrogen-bond acceptors (Lipinski definition) is 6. The van der Waals surface area contributed by atoms with Gasteiger partial charge in [0, 0.05) is 0 Å². The molecule has 94 valence electrons. The van der Waals surface area contributed by atoms with Crippen LogP contribution in [0, 0.1) is 13.8 Å². The highest BCUT2D eigenvalue weighted by atomic mass is 32.2. The fourth-order valence-electron chi connectivity index (χ4n) is 1.31. The van der Waals surface area contributed by atoms with Crippen LogP contribution in [0.5, 0.6) is 0 Å². The number of aromatic nitrogens is 3. The molecule has 2 heterocycles. The highest BCUT2D eigenvalue weighted by Gasteiger charge is 2.07. The van der Waals surface area contributed by atoms with Crippen LogP contribution in [0.1, 0.15) is 17.2 Å². The van der Waals surface area contributed by atoms with Crippen LogP contribution in [0.25, 0.3) is 0 Å². The molecule has 0 fully saturated rings. The Morgan fingerprint density at radius 1 is 1.39 bits per heavy atom. The molecule has 2 rings (SSSR count). The largest absolute Gasteiger partial charge is 0.460 e. The fraction of sp³-hybridized carbons (Fsp3) is 0.273. The van der Waals surface area contributed by atoms with E-state index in [1.165, 1.54) is 22.7 Å². The molecule has 7 heteroatoms. The molecule has 0 N–H and O–H groups in total. The predicted octanol–water partition coefficient (Wildman–Crippen LogP) is 1.45. The van der Waals surface area contributed by atoms with Gasteiger partial charge in [0.2, 0.25) is 5.16 Å². The van der Waals surface area contributed by atoms with Gasteiger partial charge in [0.1, 0.15) is 17.2 Å². The highest BCUT2D eigenvalue weighted by molar-refractivity contribution is 7.98. The quantitative estimate of drug-likeness (QED) is 0.619. The van der Waals surface area contributed by atoms with Gasteiger partial charge < -0.3 is 4.42 Å². The smallest absolute Gasteiger partial charge is 0.296 e. The van der Waals surface area contributed by atoms with Crippen LogP contribution in [0.4, 0.5) is 0 Å². The Labute approximate surface area is 108 Å². The number of aryl methyl sites for hydroxylation is 2. The molecule has 2 aromatic rings. The topological polar surface area (TPSA) is 73.3 Å². The Bertz CT molecular complexity index is 645. The molecule has 0 aliphatic carbocycles. The second-order valence-corrected chi connectivity index (χ2v) is 4.36. The van der Waals surface area contributed by atoms with Crippen molar-refractivity contribution in [3.63, 3.8) is 0 Å². The normalized spacial score (nSPS) is 11.3. The molecule has 0 saturated heterocycles. The first-order valence-corrected chi connectivity index (χ1v) is 6.45. The summed E-state index contributed by atoms with van der Waals surface area (Å²) in [7, 11) is 0. The highest BCUT2D eigenvalue weighted by Crippen LogP contribution is 2.08. The Morgan fingerprint density at radius 2 is 2.17 bits per heavy atom. The second-order valence-electron chi connectivity index (χ2n) is 3.58. The Morgan fingerprint density at radius 3 is 2.78 bits per heavy atom. The first-order chi connectivity index (χ1) is 8.61. The summed E-state index contributed by atoms with van der Waals surface area (Å²) in [6.07, 6.45) is 3.29. The van der Waals surface area contributed by atoms with Crippen molar-refractivity contribution in [1.82, 2.24) is 14.9 Å². The van der Waals surface area contributed by atoms with Crippen LogP contribution in [0.15, 0.2) is 31.6 Å². The van der Waals surface area contributed by atoms with Crippen LogP contribution in [0.2, 0.25) is 0 Å². The SMILES string of the molecule is CSc1nnc(C)c(=O)n1/N=C\c1ccc(C)o1. The van der Waals surface area contributed by atoms with Gasteiger partial charge >= 0.3 is 0 Å². The number of nitrogens with zero attached hydrogens (tertiary/aromatic N) is 4. The van der Waals surface area contributed by atoms with Gasteiger partial charge in [0.25, 0.3) is 5.56 Å². The maximum atomic E-state index is 11.9. The third kappa shape index (κ3) is 2.51. The van der Waals surface area contributed by atoms with Gasteiger partial charge in [0.15, 0.2) is 0 Å². The van der Waals surface area contributed by atoms with Crippen LogP contribution >= 0.6 is 11.8 Å². The van der Waals surface area contributed by atoms with Crippen molar-refractivity contribution in [3.05, 3.63) is 39.7 Å². The summed E-state index contributed by atoms with van der Waals surface area (Å²) < 4.78 is 6.55. The van der Waals surface area contributed by atoms with E-state index in [-0.39, 0.29) is 5.56 Å². The van der Waals surface area contributed by atoms with E-state index in [9.17, 15) is 4.79 Å². The van der Waals surface area contributed by atoms with Crippen molar-refractivity contribution in [3.8, 4) is 0 Å². The van der Waals surface area contributed by atoms with Gasteiger partial charge in [-0.2, -0.15) is 9.78 Å². The minimum Gasteiger partial charge on any atom is -0.460 e. The summed E-state index contributed by atoms with van der Waals surface area (Å²) in [6, 6.07) is 3.61. The van der Waals surface area contributed by atoms with Gasteiger partial charge in [-0.15, -0.1) is 10.2 Å². The molecule has 0 aliphatic rings. The lowest BCUT2D eigenvalue weighted by atomic mass is 10.4. The second kappa shape index (κ2) is 5.18. The summed E-state index contributed by atoms with van der Waals surface area (Å²) in [5, 5.41) is 12.2. The van der Waals surface area contributed by atoms with Gasteiger partial charge in [-0.05, 0) is 32.2 Å². The summed E-state index contributed by atoms with van der Waals surface area (Å²) in [5.74, 6) is 1.37. The molecule has 0 aliphatic heterocycles. The van der Waals surface area contributed by atoms with E-state index in [0.29, 0.717) is 16.6 Å². The molecule has 0 amide bonds. The summed E-state index contributed by atoms with van der Waals surface area (Å²) in [6.45, 7) is 3.44. The molecule has 0 bridgehead atoms. The molecule has 2 aromatic heterocycles. The van der Waals surface area contributed by atoms with Crippen LogP contribution in [-0.4, -0.2) is 27.3 Å². The van der Waals surface area contributed by atoms with Crippen molar-refractivity contribution in [2.24, 2.45) is 5.10 Å². The zero-order chi connectivity index (χ0) is 13.1. The summed E-state index contributed by atoms with van der Waals surface area (Å²) >= 11 is 1.30. The first kappa shape index (κ1) is 12.6. The van der Waals surface area contributed by atoms with Crippen molar-refractivity contribution in [2.45, 2.75) is 19.0 Å². The molecule has 0 radical (unpaired) electrons. The maximum Gasteiger partial charge on any atom is 0.296 e. The van der Waals surface area contributed by atoms with Gasteiger partial charge in [0.05, 0.1) is 6.21 Å². The average molecular weight is 264 g/mol. The maximum absolute atomic E-state index is 11.9. The number of rotatable bonds is 3. The van der Waals surface area contributed by atoms with Crippen LogP contribution in [-0.2, 0) is 0 Å². The molecule has 0 atom stereocenters. The molecular formula is C11H12N4O2S. The standard InChI is InChI=1S/C11H12N4O2S/c1-7-4-5-9(17-7)6-12-15-10(16)8(2)13-14-11(15)18-3/h4-6H,1-3H3/b12-6-. The minimum atomic E-state index is -0.283. The average Bonchev–Trinajstić information content (AvgIpc) is 2.77. The summed E-state index contributed by atoms with van der Waals surface area (Å²) in [5.41, 5.74) is 0.0226. The van der Waals surface area contributed by atoms with Crippen molar-refractivity contribution in [1.29, 1.82) is 0 Å². The zero-order valence-electron chi connectivity index (χ0n) is 10.2. The molecule has 6 nitrogen and oxygen atoms in total. The molecule has 0 spiro atoms. The lowest BCUT2D eigenvalue weighted by Crippen LogP contribution is -2.23. The van der Waals surface area contributed by atoms with Gasteiger partial charge in [-0.25, -0.2) is 0 Å². The molecule has 0 saturated carbocycles. The van der Waals surface area contributed by atoms with Crippen LogP contribution < -0.4 is 5.56 Å².